The molecule has 4 heteroatoms. The molecule has 4 nitrogen and oxygen atoms in total. The maximum Gasteiger partial charge on any atom is 0.181 e. The Morgan fingerprint density at radius 1 is 1.40 bits per heavy atom. The van der Waals surface area contributed by atoms with Gasteiger partial charge in [0.1, 0.15) is 0 Å². The standard InChI is InChI=1S/C6H5N3O/c7-6-5-4(2-9-6)1-8-3-10-5/h1-3H,7H2. The Morgan fingerprint density at radius 3 is 3.10 bits per heavy atom. The number of anilines is 1. The first-order valence-electron chi connectivity index (χ1n) is 2.80. The molecular formula is C6H5N3O. The summed E-state index contributed by atoms with van der Waals surface area (Å²) in [6, 6.07) is 0. The molecule has 0 aromatic rings. The number of rotatable bonds is 0. The van der Waals surface area contributed by atoms with E-state index in [4.69, 9.17) is 10.2 Å². The number of nitrogens with zero attached hydrogens (tertiary/aromatic N) is 2. The molecule has 0 amide bonds. The first kappa shape index (κ1) is 5.22. The Morgan fingerprint density at radius 2 is 2.30 bits per heavy atom. The number of nitrogens with two attached hydrogens (primary N) is 1. The molecule has 0 atom stereocenters. The van der Waals surface area contributed by atoms with Crippen molar-refractivity contribution in [3.05, 3.63) is 18.8 Å². The highest BCUT2D eigenvalue weighted by atomic mass is 16.3. The SMILES string of the molecule is Nc1ncc2cncoc1-2. The topological polar surface area (TPSA) is 64.9 Å². The van der Waals surface area contributed by atoms with Gasteiger partial charge in [-0.25, -0.2) is 9.97 Å². The molecule has 2 rings (SSSR count). The first-order chi connectivity index (χ1) is 4.88. The van der Waals surface area contributed by atoms with Crippen LogP contribution in [0.4, 0.5) is 5.82 Å². The molecule has 0 aromatic carbocycles. The second kappa shape index (κ2) is 1.70. The highest BCUT2D eigenvalue weighted by molar-refractivity contribution is 5.68. The average molecular weight is 135 g/mol. The number of aromatic nitrogens is 2. The van der Waals surface area contributed by atoms with Crippen molar-refractivity contribution in [2.24, 2.45) is 0 Å². The van der Waals surface area contributed by atoms with Crippen molar-refractivity contribution in [2.45, 2.75) is 0 Å². The molecule has 2 aliphatic heterocycles. The minimum absolute atomic E-state index is 0.414. The van der Waals surface area contributed by atoms with Crippen LogP contribution in [0.1, 0.15) is 0 Å². The molecule has 10 heavy (non-hydrogen) atoms. The van der Waals surface area contributed by atoms with Crippen LogP contribution in [0.5, 0.6) is 0 Å². The lowest BCUT2D eigenvalue weighted by Crippen LogP contribution is -1.85. The smallest absolute Gasteiger partial charge is 0.181 e. The predicted octanol–water partition coefficient (Wildman–Crippen LogP) is 0.757. The van der Waals surface area contributed by atoms with Gasteiger partial charge in [0.25, 0.3) is 0 Å². The summed E-state index contributed by atoms with van der Waals surface area (Å²) >= 11 is 0. The summed E-state index contributed by atoms with van der Waals surface area (Å²) in [5.74, 6) is 1.02. The van der Waals surface area contributed by atoms with Gasteiger partial charge in [0.05, 0.1) is 5.56 Å². The summed E-state index contributed by atoms with van der Waals surface area (Å²) in [7, 11) is 0. The number of hydrogen-bond acceptors (Lipinski definition) is 4. The van der Waals surface area contributed by atoms with Crippen molar-refractivity contribution < 1.29 is 4.42 Å². The Labute approximate surface area is 57.0 Å². The third kappa shape index (κ3) is 0.556. The van der Waals surface area contributed by atoms with E-state index in [1.54, 1.807) is 12.4 Å². The zero-order valence-electron chi connectivity index (χ0n) is 5.11. The zero-order chi connectivity index (χ0) is 6.97. The normalized spacial score (nSPS) is 10.4. The molecule has 2 heterocycles. The van der Waals surface area contributed by atoms with Gasteiger partial charge in [-0.2, -0.15) is 0 Å². The maximum absolute atomic E-state index is 5.44. The minimum Gasteiger partial charge on any atom is -0.441 e. The lowest BCUT2D eigenvalue weighted by molar-refractivity contribution is 0.545. The molecule has 0 bridgehead atoms. The van der Waals surface area contributed by atoms with Gasteiger partial charge in [0, 0.05) is 12.4 Å². The van der Waals surface area contributed by atoms with Crippen molar-refractivity contribution in [1.82, 2.24) is 9.97 Å². The fraction of sp³-hybridized carbons (Fsp3) is 0. The highest BCUT2D eigenvalue weighted by Gasteiger charge is 2.09. The Kier molecular flexibility index (Phi) is 0.887. The molecule has 0 radical (unpaired) electrons. The highest BCUT2D eigenvalue weighted by Crippen LogP contribution is 2.24. The molecule has 0 saturated carbocycles. The summed E-state index contributed by atoms with van der Waals surface area (Å²) < 4.78 is 4.98. The first-order valence-corrected chi connectivity index (χ1v) is 2.80. The van der Waals surface area contributed by atoms with Crippen molar-refractivity contribution in [3.8, 4) is 11.3 Å². The van der Waals surface area contributed by atoms with Gasteiger partial charge in [-0.05, 0) is 0 Å². The summed E-state index contributed by atoms with van der Waals surface area (Å²) in [4.78, 5) is 7.60. The quantitative estimate of drug-likeness (QED) is 0.579. The van der Waals surface area contributed by atoms with E-state index in [1.165, 1.54) is 6.39 Å². The average Bonchev–Trinajstić information content (AvgIpc) is 2.34. The van der Waals surface area contributed by atoms with Gasteiger partial charge in [0.15, 0.2) is 18.0 Å². The summed E-state index contributed by atoms with van der Waals surface area (Å²) in [6.45, 7) is 0. The van der Waals surface area contributed by atoms with Crippen LogP contribution in [0.3, 0.4) is 0 Å². The summed E-state index contributed by atoms with van der Waals surface area (Å²) in [5.41, 5.74) is 6.28. The fourth-order valence-corrected chi connectivity index (χ4v) is 0.818. The predicted molar refractivity (Wildman–Crippen MR) is 35.3 cm³/mol. The van der Waals surface area contributed by atoms with Crippen molar-refractivity contribution in [3.63, 3.8) is 0 Å². The van der Waals surface area contributed by atoms with Crippen LogP contribution in [0.2, 0.25) is 0 Å². The lowest BCUT2D eigenvalue weighted by atomic mass is 10.3. The van der Waals surface area contributed by atoms with Crippen molar-refractivity contribution in [2.75, 3.05) is 5.73 Å². The lowest BCUT2D eigenvalue weighted by Gasteiger charge is -1.92. The summed E-state index contributed by atoms with van der Waals surface area (Å²) in [6.07, 6.45) is 4.61. The van der Waals surface area contributed by atoms with Crippen LogP contribution < -0.4 is 5.73 Å². The molecule has 0 saturated heterocycles. The van der Waals surface area contributed by atoms with Gasteiger partial charge >= 0.3 is 0 Å². The van der Waals surface area contributed by atoms with Crippen LogP contribution in [0.25, 0.3) is 11.3 Å². The second-order valence-electron chi connectivity index (χ2n) is 1.93. The Hall–Kier alpha value is -1.58. The van der Waals surface area contributed by atoms with Gasteiger partial charge in [-0.15, -0.1) is 0 Å². The third-order valence-electron chi connectivity index (χ3n) is 1.28. The van der Waals surface area contributed by atoms with Crippen LogP contribution in [0.15, 0.2) is 23.2 Å². The Bertz CT molecular complexity index is 317. The monoisotopic (exact) mass is 135 g/mol. The van der Waals surface area contributed by atoms with Crippen molar-refractivity contribution >= 4 is 5.82 Å². The molecular weight excluding hydrogens is 130 g/mol. The summed E-state index contributed by atoms with van der Waals surface area (Å²) in [5, 5.41) is 0. The van der Waals surface area contributed by atoms with E-state index in [-0.39, 0.29) is 0 Å². The van der Waals surface area contributed by atoms with Crippen LogP contribution >= 0.6 is 0 Å². The van der Waals surface area contributed by atoms with E-state index in [0.29, 0.717) is 11.6 Å². The van der Waals surface area contributed by atoms with E-state index < -0.39 is 0 Å². The number of fused-ring (bicyclic) bond motifs is 1. The van der Waals surface area contributed by atoms with Gasteiger partial charge < -0.3 is 10.2 Å². The zero-order valence-corrected chi connectivity index (χ0v) is 5.11. The maximum atomic E-state index is 5.44. The third-order valence-corrected chi connectivity index (χ3v) is 1.28. The molecule has 0 fully saturated rings. The molecule has 0 aromatic heterocycles. The second-order valence-corrected chi connectivity index (χ2v) is 1.93. The van der Waals surface area contributed by atoms with E-state index in [1.807, 2.05) is 0 Å². The van der Waals surface area contributed by atoms with Gasteiger partial charge in [0.2, 0.25) is 0 Å². The minimum atomic E-state index is 0.414. The molecule has 2 N–H and O–H groups in total. The van der Waals surface area contributed by atoms with E-state index >= 15 is 0 Å². The van der Waals surface area contributed by atoms with Crippen LogP contribution in [-0.2, 0) is 0 Å². The number of hydrogen-bond donors (Lipinski definition) is 1. The van der Waals surface area contributed by atoms with Crippen LogP contribution in [0, 0.1) is 0 Å². The largest absolute Gasteiger partial charge is 0.441 e. The molecule has 2 aliphatic rings. The van der Waals surface area contributed by atoms with Gasteiger partial charge in [-0.3, -0.25) is 0 Å². The molecule has 0 aliphatic carbocycles. The molecule has 0 spiro atoms. The fourth-order valence-electron chi connectivity index (χ4n) is 0.818. The van der Waals surface area contributed by atoms with E-state index in [9.17, 15) is 0 Å². The Balaban J connectivity index is 2.78. The number of nitrogen functional groups attached to an aromatic ring is 1. The van der Waals surface area contributed by atoms with Gasteiger partial charge in [-0.1, -0.05) is 0 Å². The molecule has 50 valence electrons. The van der Waals surface area contributed by atoms with Crippen LogP contribution in [-0.4, -0.2) is 9.97 Å². The molecule has 0 unspecified atom stereocenters. The van der Waals surface area contributed by atoms with Crippen molar-refractivity contribution in [1.29, 1.82) is 0 Å². The van der Waals surface area contributed by atoms with E-state index in [0.717, 1.165) is 5.56 Å². The van der Waals surface area contributed by atoms with E-state index in [2.05, 4.69) is 9.97 Å².